The van der Waals surface area contributed by atoms with E-state index < -0.39 is 0 Å². The second-order valence-electron chi connectivity index (χ2n) is 10.9. The minimum absolute atomic E-state index is 0.245. The number of carbonyl (C=O) groups is 1. The standard InChI is InChI=1S/C30H36N4O2/c1-3-22-18-31-34(19-22)25-7-10-27-24(17-25)6-11-28(27)33-20-30(21-33)12-14-32(15-13-30)29(35)16-23-4-8-26(36-2)9-5-23/h4-5,7-10,17-19,28H,3,6,11-16,20-21H2,1-2H3. The Labute approximate surface area is 213 Å². The van der Waals surface area contributed by atoms with Crippen LogP contribution in [0.15, 0.2) is 54.9 Å². The second-order valence-corrected chi connectivity index (χ2v) is 10.9. The van der Waals surface area contributed by atoms with E-state index in [-0.39, 0.29) is 5.91 Å². The molecule has 6 heteroatoms. The smallest absolute Gasteiger partial charge is 0.226 e. The SMILES string of the molecule is CCc1cnn(-c2ccc3c(c2)CCC3N2CC3(CCN(C(=O)Cc4ccc(OC)cc4)CC3)C2)c1. The molecule has 1 unspecified atom stereocenters. The molecule has 2 fully saturated rings. The molecule has 1 aromatic heterocycles. The first kappa shape index (κ1) is 23.3. The summed E-state index contributed by atoms with van der Waals surface area (Å²) >= 11 is 0. The van der Waals surface area contributed by atoms with Crippen molar-refractivity contribution in [3.63, 3.8) is 0 Å². The molecule has 3 aliphatic rings. The predicted molar refractivity (Wildman–Crippen MR) is 141 cm³/mol. The number of likely N-dealkylation sites (tertiary alicyclic amines) is 2. The maximum atomic E-state index is 12.9. The van der Waals surface area contributed by atoms with Crippen molar-refractivity contribution < 1.29 is 9.53 Å². The van der Waals surface area contributed by atoms with Gasteiger partial charge in [0.05, 0.1) is 25.4 Å². The fraction of sp³-hybridized carbons (Fsp3) is 0.467. The van der Waals surface area contributed by atoms with Gasteiger partial charge in [-0.1, -0.05) is 25.1 Å². The summed E-state index contributed by atoms with van der Waals surface area (Å²) in [6.45, 7) is 6.27. The van der Waals surface area contributed by atoms with Gasteiger partial charge in [-0.2, -0.15) is 5.10 Å². The minimum atomic E-state index is 0.245. The minimum Gasteiger partial charge on any atom is -0.497 e. The van der Waals surface area contributed by atoms with Crippen LogP contribution in [-0.4, -0.2) is 58.8 Å². The van der Waals surface area contributed by atoms with Gasteiger partial charge < -0.3 is 9.64 Å². The highest BCUT2D eigenvalue weighted by molar-refractivity contribution is 5.79. The van der Waals surface area contributed by atoms with Crippen LogP contribution in [0.5, 0.6) is 5.75 Å². The van der Waals surface area contributed by atoms with Crippen molar-refractivity contribution in [1.29, 1.82) is 0 Å². The lowest BCUT2D eigenvalue weighted by Gasteiger charge is -2.56. The van der Waals surface area contributed by atoms with Crippen LogP contribution >= 0.6 is 0 Å². The third kappa shape index (κ3) is 4.32. The molecule has 0 radical (unpaired) electrons. The van der Waals surface area contributed by atoms with Gasteiger partial charge in [0.25, 0.3) is 0 Å². The summed E-state index contributed by atoms with van der Waals surface area (Å²) in [5.74, 6) is 1.07. The average Bonchev–Trinajstić information content (AvgIpc) is 3.54. The second kappa shape index (κ2) is 9.40. The van der Waals surface area contributed by atoms with Gasteiger partial charge in [0.2, 0.25) is 5.91 Å². The largest absolute Gasteiger partial charge is 0.497 e. The van der Waals surface area contributed by atoms with Crippen LogP contribution in [0.2, 0.25) is 0 Å². The van der Waals surface area contributed by atoms with E-state index in [9.17, 15) is 4.79 Å². The van der Waals surface area contributed by atoms with Gasteiger partial charge in [-0.3, -0.25) is 9.69 Å². The number of hydrogen-bond donors (Lipinski definition) is 0. The van der Waals surface area contributed by atoms with Crippen LogP contribution in [-0.2, 0) is 24.1 Å². The van der Waals surface area contributed by atoms with Crippen molar-refractivity contribution >= 4 is 5.91 Å². The Morgan fingerprint density at radius 1 is 1.08 bits per heavy atom. The molecule has 2 saturated heterocycles. The number of ether oxygens (including phenoxy) is 1. The van der Waals surface area contributed by atoms with E-state index in [4.69, 9.17) is 4.74 Å². The third-order valence-corrected chi connectivity index (χ3v) is 8.69. The molecule has 3 heterocycles. The van der Waals surface area contributed by atoms with Gasteiger partial charge in [-0.15, -0.1) is 0 Å². The molecule has 1 aliphatic carbocycles. The molecule has 188 valence electrons. The number of nitrogens with zero attached hydrogens (tertiary/aromatic N) is 4. The quantitative estimate of drug-likeness (QED) is 0.513. The Hall–Kier alpha value is -3.12. The summed E-state index contributed by atoms with van der Waals surface area (Å²) < 4.78 is 7.23. The van der Waals surface area contributed by atoms with Crippen LogP contribution < -0.4 is 4.74 Å². The number of benzene rings is 2. The Balaban J connectivity index is 1.03. The number of rotatable bonds is 6. The van der Waals surface area contributed by atoms with Crippen LogP contribution in [0.25, 0.3) is 5.69 Å². The molecule has 0 saturated carbocycles. The molecule has 1 atom stereocenters. The normalized spacial score (nSPS) is 20.8. The maximum Gasteiger partial charge on any atom is 0.226 e. The Morgan fingerprint density at radius 2 is 1.86 bits per heavy atom. The first-order valence-corrected chi connectivity index (χ1v) is 13.4. The first-order valence-electron chi connectivity index (χ1n) is 13.4. The molecule has 1 spiro atoms. The summed E-state index contributed by atoms with van der Waals surface area (Å²) in [6, 6.07) is 15.3. The number of hydrogen-bond acceptors (Lipinski definition) is 4. The number of aromatic nitrogens is 2. The summed E-state index contributed by atoms with van der Waals surface area (Å²) in [5, 5.41) is 4.54. The molecular weight excluding hydrogens is 448 g/mol. The van der Waals surface area contributed by atoms with Crippen LogP contribution in [0, 0.1) is 5.41 Å². The summed E-state index contributed by atoms with van der Waals surface area (Å²) in [7, 11) is 1.66. The molecule has 0 N–H and O–H groups in total. The summed E-state index contributed by atoms with van der Waals surface area (Å²) in [4.78, 5) is 17.6. The highest BCUT2D eigenvalue weighted by Crippen LogP contribution is 2.48. The average molecular weight is 485 g/mol. The first-order chi connectivity index (χ1) is 17.6. The van der Waals surface area contributed by atoms with Crippen molar-refractivity contribution in [2.45, 2.75) is 51.5 Å². The van der Waals surface area contributed by atoms with Crippen LogP contribution in [0.4, 0.5) is 0 Å². The molecule has 2 aliphatic heterocycles. The van der Waals surface area contributed by atoms with E-state index >= 15 is 0 Å². The van der Waals surface area contributed by atoms with Gasteiger partial charge in [-0.25, -0.2) is 4.68 Å². The lowest BCUT2D eigenvalue weighted by atomic mass is 9.71. The maximum absolute atomic E-state index is 12.9. The van der Waals surface area contributed by atoms with E-state index in [1.165, 1.54) is 41.9 Å². The summed E-state index contributed by atoms with van der Waals surface area (Å²) in [5.41, 5.74) is 6.87. The van der Waals surface area contributed by atoms with Gasteiger partial charge in [-0.05, 0) is 84.0 Å². The van der Waals surface area contributed by atoms with Crippen molar-refractivity contribution in [2.24, 2.45) is 5.41 Å². The highest BCUT2D eigenvalue weighted by Gasteiger charge is 2.48. The molecule has 2 aromatic carbocycles. The highest BCUT2D eigenvalue weighted by atomic mass is 16.5. The number of aryl methyl sites for hydroxylation is 2. The number of amides is 1. The molecular formula is C30H36N4O2. The van der Waals surface area contributed by atoms with Gasteiger partial charge in [0.15, 0.2) is 0 Å². The fourth-order valence-corrected chi connectivity index (χ4v) is 6.40. The predicted octanol–water partition coefficient (Wildman–Crippen LogP) is 4.60. The van der Waals surface area contributed by atoms with Gasteiger partial charge in [0.1, 0.15) is 5.75 Å². The zero-order chi connectivity index (χ0) is 24.7. The topological polar surface area (TPSA) is 50.6 Å². The molecule has 1 amide bonds. The zero-order valence-corrected chi connectivity index (χ0v) is 21.4. The van der Waals surface area contributed by atoms with E-state index in [0.29, 0.717) is 17.9 Å². The molecule has 3 aromatic rings. The third-order valence-electron chi connectivity index (χ3n) is 8.69. The van der Waals surface area contributed by atoms with E-state index in [0.717, 1.165) is 50.1 Å². The van der Waals surface area contributed by atoms with E-state index in [1.54, 1.807) is 7.11 Å². The lowest BCUT2D eigenvalue weighted by Crippen LogP contribution is -2.61. The van der Waals surface area contributed by atoms with Crippen LogP contribution in [0.3, 0.4) is 0 Å². The van der Waals surface area contributed by atoms with E-state index in [2.05, 4.69) is 46.2 Å². The number of methoxy groups -OCH3 is 1. The van der Waals surface area contributed by atoms with Gasteiger partial charge in [0, 0.05) is 38.4 Å². The van der Waals surface area contributed by atoms with Crippen LogP contribution in [0.1, 0.15) is 54.5 Å². The van der Waals surface area contributed by atoms with Crippen molar-refractivity contribution in [3.05, 3.63) is 77.1 Å². The Morgan fingerprint density at radius 3 is 2.56 bits per heavy atom. The molecule has 36 heavy (non-hydrogen) atoms. The van der Waals surface area contributed by atoms with Crippen molar-refractivity contribution in [3.8, 4) is 11.4 Å². The lowest BCUT2D eigenvalue weighted by molar-refractivity contribution is -0.136. The molecule has 6 nitrogen and oxygen atoms in total. The molecule has 6 rings (SSSR count). The monoisotopic (exact) mass is 484 g/mol. The van der Waals surface area contributed by atoms with E-state index in [1.807, 2.05) is 35.1 Å². The molecule has 0 bridgehead atoms. The van der Waals surface area contributed by atoms with Gasteiger partial charge >= 0.3 is 0 Å². The Kier molecular flexibility index (Phi) is 6.08. The number of fused-ring (bicyclic) bond motifs is 1. The van der Waals surface area contributed by atoms with Crippen molar-refractivity contribution in [1.82, 2.24) is 19.6 Å². The Bertz CT molecular complexity index is 1230. The number of piperidine rings is 1. The fourth-order valence-electron chi connectivity index (χ4n) is 6.40. The van der Waals surface area contributed by atoms with Crippen molar-refractivity contribution in [2.75, 3.05) is 33.3 Å². The summed E-state index contributed by atoms with van der Waals surface area (Å²) in [6.07, 6.45) is 10.2. The number of carbonyl (C=O) groups excluding carboxylic acids is 1. The zero-order valence-electron chi connectivity index (χ0n) is 21.4.